The lowest BCUT2D eigenvalue weighted by Gasteiger charge is -1.94. The number of thiocarbonyl (C=S) groups is 2. The van der Waals surface area contributed by atoms with Gasteiger partial charge in [-0.1, -0.05) is 30.3 Å². The van der Waals surface area contributed by atoms with Crippen molar-refractivity contribution in [3.05, 3.63) is 35.9 Å². The molecule has 1 aromatic rings. The van der Waals surface area contributed by atoms with E-state index in [0.717, 1.165) is 5.56 Å². The Balaban J connectivity index is 0.000000364. The van der Waals surface area contributed by atoms with Crippen LogP contribution >= 0.6 is 24.4 Å². The van der Waals surface area contributed by atoms with E-state index in [1.54, 1.807) is 0 Å². The van der Waals surface area contributed by atoms with Crippen LogP contribution < -0.4 is 0 Å². The Hall–Kier alpha value is -1.00. The highest BCUT2D eigenvalue weighted by Crippen LogP contribution is 1.99. The molecule has 14 heavy (non-hydrogen) atoms. The Bertz CT molecular complexity index is 292. The molecule has 0 heterocycles. The maximum atomic E-state index is 8.74. The van der Waals surface area contributed by atoms with E-state index in [9.17, 15) is 0 Å². The summed E-state index contributed by atoms with van der Waals surface area (Å²) in [6.07, 6.45) is 0.482. The summed E-state index contributed by atoms with van der Waals surface area (Å²) in [4.78, 5) is 0. The van der Waals surface area contributed by atoms with E-state index >= 15 is 0 Å². The Morgan fingerprint density at radius 2 is 1.57 bits per heavy atom. The SMILES string of the molecule is CC(O)=S.OC(=S)Cc1ccccc1. The number of aliphatic hydroxyl groups is 2. The fraction of sp³-hybridized carbons (Fsp3) is 0.200. The molecule has 0 aromatic heterocycles. The number of aliphatic hydroxyl groups excluding tert-OH is 2. The van der Waals surface area contributed by atoms with Gasteiger partial charge in [-0.25, -0.2) is 0 Å². The zero-order chi connectivity index (χ0) is 11.0. The second-order valence-electron chi connectivity index (χ2n) is 2.58. The zero-order valence-corrected chi connectivity index (χ0v) is 9.44. The van der Waals surface area contributed by atoms with Gasteiger partial charge in [-0.3, -0.25) is 0 Å². The van der Waals surface area contributed by atoms with Crippen molar-refractivity contribution in [3.63, 3.8) is 0 Å². The molecule has 1 rings (SSSR count). The summed E-state index contributed by atoms with van der Waals surface area (Å²) in [6.45, 7) is 1.45. The quantitative estimate of drug-likeness (QED) is 0.763. The minimum absolute atomic E-state index is 0.000000000000000222. The Kier molecular flexibility index (Phi) is 6.88. The van der Waals surface area contributed by atoms with E-state index in [2.05, 4.69) is 24.4 Å². The molecule has 0 spiro atoms. The van der Waals surface area contributed by atoms with Gasteiger partial charge < -0.3 is 10.2 Å². The molecule has 0 saturated carbocycles. The molecular formula is C10H12O2S2. The molecule has 76 valence electrons. The van der Waals surface area contributed by atoms with Gasteiger partial charge in [0.05, 0.1) is 0 Å². The van der Waals surface area contributed by atoms with Crippen molar-refractivity contribution in [2.75, 3.05) is 0 Å². The van der Waals surface area contributed by atoms with E-state index in [4.69, 9.17) is 10.2 Å². The van der Waals surface area contributed by atoms with Crippen LogP contribution in [0.5, 0.6) is 0 Å². The predicted octanol–water partition coefficient (Wildman–Crippen LogP) is 3.01. The van der Waals surface area contributed by atoms with Crippen molar-refractivity contribution < 1.29 is 10.2 Å². The van der Waals surface area contributed by atoms with Crippen LogP contribution in [0.15, 0.2) is 30.3 Å². The van der Waals surface area contributed by atoms with Crippen LogP contribution in [0, 0.1) is 0 Å². The van der Waals surface area contributed by atoms with Crippen molar-refractivity contribution in [1.29, 1.82) is 0 Å². The number of hydrogen-bond donors (Lipinski definition) is 2. The molecule has 0 unspecified atom stereocenters. The van der Waals surface area contributed by atoms with Gasteiger partial charge in [0, 0.05) is 13.3 Å². The van der Waals surface area contributed by atoms with E-state index in [0.29, 0.717) is 6.42 Å². The van der Waals surface area contributed by atoms with E-state index < -0.39 is 0 Å². The zero-order valence-electron chi connectivity index (χ0n) is 7.80. The minimum atomic E-state index is 0.000000000000000222. The second kappa shape index (κ2) is 7.41. The highest BCUT2D eigenvalue weighted by molar-refractivity contribution is 7.80. The topological polar surface area (TPSA) is 40.5 Å². The molecule has 0 saturated heterocycles. The molecule has 0 atom stereocenters. The fourth-order valence-corrected chi connectivity index (χ4v) is 0.937. The lowest BCUT2D eigenvalue weighted by Crippen LogP contribution is -1.95. The molecule has 0 aliphatic carbocycles. The predicted molar refractivity (Wildman–Crippen MR) is 66.3 cm³/mol. The first-order valence-electron chi connectivity index (χ1n) is 3.97. The first-order chi connectivity index (χ1) is 6.52. The van der Waals surface area contributed by atoms with Crippen molar-refractivity contribution >= 4 is 34.5 Å². The smallest absolute Gasteiger partial charge is 0.160 e. The van der Waals surface area contributed by atoms with Crippen LogP contribution in [0.3, 0.4) is 0 Å². The summed E-state index contributed by atoms with van der Waals surface area (Å²) in [7, 11) is 0. The van der Waals surface area contributed by atoms with Gasteiger partial charge in [0.2, 0.25) is 0 Å². The Morgan fingerprint density at radius 3 is 1.93 bits per heavy atom. The third kappa shape index (κ3) is 9.09. The first-order valence-corrected chi connectivity index (χ1v) is 4.79. The average Bonchev–Trinajstić information content (AvgIpc) is 2.03. The van der Waals surface area contributed by atoms with Crippen LogP contribution in [0.2, 0.25) is 0 Å². The van der Waals surface area contributed by atoms with Crippen molar-refractivity contribution in [2.24, 2.45) is 0 Å². The van der Waals surface area contributed by atoms with E-state index in [1.165, 1.54) is 6.92 Å². The maximum absolute atomic E-state index is 8.74. The van der Waals surface area contributed by atoms with Gasteiger partial charge in [-0.05, 0) is 30.0 Å². The third-order valence-electron chi connectivity index (χ3n) is 1.20. The van der Waals surface area contributed by atoms with Crippen molar-refractivity contribution in [3.8, 4) is 0 Å². The number of hydrogen-bond acceptors (Lipinski definition) is 2. The van der Waals surface area contributed by atoms with Crippen LogP contribution in [-0.2, 0) is 6.42 Å². The summed E-state index contributed by atoms with van der Waals surface area (Å²) < 4.78 is 0. The molecule has 0 bridgehead atoms. The molecule has 4 heteroatoms. The lowest BCUT2D eigenvalue weighted by atomic mass is 10.2. The van der Waals surface area contributed by atoms with Crippen molar-refractivity contribution in [2.45, 2.75) is 13.3 Å². The normalized spacial score (nSPS) is 8.36. The maximum Gasteiger partial charge on any atom is 0.160 e. The Morgan fingerprint density at radius 1 is 1.14 bits per heavy atom. The van der Waals surface area contributed by atoms with E-state index in [1.807, 2.05) is 30.3 Å². The molecule has 2 nitrogen and oxygen atoms in total. The molecule has 2 N–H and O–H groups in total. The second-order valence-corrected chi connectivity index (χ2v) is 3.64. The van der Waals surface area contributed by atoms with Gasteiger partial charge in [0.15, 0.2) is 10.1 Å². The van der Waals surface area contributed by atoms with Gasteiger partial charge in [-0.15, -0.1) is 0 Å². The number of benzene rings is 1. The minimum Gasteiger partial charge on any atom is -0.502 e. The van der Waals surface area contributed by atoms with Crippen LogP contribution in [0.25, 0.3) is 0 Å². The van der Waals surface area contributed by atoms with Gasteiger partial charge >= 0.3 is 0 Å². The summed E-state index contributed by atoms with van der Waals surface area (Å²) >= 11 is 8.63. The van der Waals surface area contributed by atoms with Gasteiger partial charge in [0.25, 0.3) is 0 Å². The highest BCUT2D eigenvalue weighted by atomic mass is 32.1. The van der Waals surface area contributed by atoms with Crippen LogP contribution in [0.4, 0.5) is 0 Å². The molecule has 1 aromatic carbocycles. The summed E-state index contributed by atoms with van der Waals surface area (Å²) in [5.74, 6) is 0. The average molecular weight is 228 g/mol. The lowest BCUT2D eigenvalue weighted by molar-refractivity contribution is 0.555. The molecule has 0 radical (unpaired) electrons. The van der Waals surface area contributed by atoms with Crippen LogP contribution in [-0.4, -0.2) is 20.3 Å². The Labute approximate surface area is 94.2 Å². The van der Waals surface area contributed by atoms with Gasteiger partial charge in [-0.2, -0.15) is 0 Å². The summed E-state index contributed by atoms with van der Waals surface area (Å²) in [5.41, 5.74) is 1.05. The van der Waals surface area contributed by atoms with Crippen molar-refractivity contribution in [1.82, 2.24) is 0 Å². The highest BCUT2D eigenvalue weighted by Gasteiger charge is 1.92. The molecule has 0 aliphatic rings. The summed E-state index contributed by atoms with van der Waals surface area (Å²) in [5, 5.41) is 16.6. The molecule has 0 fully saturated rings. The van der Waals surface area contributed by atoms with Crippen LogP contribution in [0.1, 0.15) is 12.5 Å². The standard InChI is InChI=1S/C8H8OS.C2H4OS/c9-8(10)6-7-4-2-1-3-5-7;1-2(3)4/h1-5H,6H2,(H,9,10);1H3,(H,3,4). The monoisotopic (exact) mass is 228 g/mol. The molecular weight excluding hydrogens is 216 g/mol. The number of rotatable bonds is 2. The molecule has 0 aliphatic heterocycles. The first kappa shape index (κ1) is 13.0. The van der Waals surface area contributed by atoms with Gasteiger partial charge in [0.1, 0.15) is 0 Å². The third-order valence-corrected chi connectivity index (χ3v) is 1.34. The largest absolute Gasteiger partial charge is 0.502 e. The fourth-order valence-electron chi connectivity index (χ4n) is 0.770. The molecule has 0 amide bonds. The van der Waals surface area contributed by atoms with E-state index in [-0.39, 0.29) is 10.1 Å². The summed E-state index contributed by atoms with van der Waals surface area (Å²) in [6, 6.07) is 9.65.